The number of nitrogens with zero attached hydrogens (tertiary/aromatic N) is 1. The van der Waals surface area contributed by atoms with Crippen molar-refractivity contribution in [3.63, 3.8) is 0 Å². The second kappa shape index (κ2) is 6.25. The van der Waals surface area contributed by atoms with Gasteiger partial charge in [-0.05, 0) is 17.5 Å². The van der Waals surface area contributed by atoms with Gasteiger partial charge in [-0.25, -0.2) is 0 Å². The van der Waals surface area contributed by atoms with E-state index in [1.54, 1.807) is 0 Å². The molecule has 1 aromatic carbocycles. The first-order chi connectivity index (χ1) is 8.70. The Labute approximate surface area is 112 Å². The van der Waals surface area contributed by atoms with Gasteiger partial charge in [0.25, 0.3) is 0 Å². The van der Waals surface area contributed by atoms with Gasteiger partial charge in [-0.1, -0.05) is 31.2 Å². The third kappa shape index (κ3) is 3.27. The van der Waals surface area contributed by atoms with Gasteiger partial charge in [0.2, 0.25) is 5.91 Å². The molecule has 0 saturated carbocycles. The first-order valence-electron chi connectivity index (χ1n) is 6.27. The van der Waals surface area contributed by atoms with Crippen LogP contribution in [0.25, 0.3) is 0 Å². The quantitative estimate of drug-likeness (QED) is 0.900. The van der Waals surface area contributed by atoms with Crippen molar-refractivity contribution in [1.29, 1.82) is 0 Å². The first-order valence-corrected chi connectivity index (χ1v) is 7.32. The molecule has 1 amide bonds. The van der Waals surface area contributed by atoms with E-state index in [1.165, 1.54) is 22.9 Å². The summed E-state index contributed by atoms with van der Waals surface area (Å²) < 4.78 is 0. The van der Waals surface area contributed by atoms with Crippen LogP contribution >= 0.6 is 11.8 Å². The minimum Gasteiger partial charge on any atom is -0.395 e. The van der Waals surface area contributed by atoms with Crippen molar-refractivity contribution in [1.82, 2.24) is 4.90 Å². The Bertz CT molecular complexity index is 422. The van der Waals surface area contributed by atoms with Crippen LogP contribution in [-0.2, 0) is 17.8 Å². The maximum absolute atomic E-state index is 12.1. The van der Waals surface area contributed by atoms with Crippen molar-refractivity contribution >= 4 is 17.7 Å². The minimum atomic E-state index is 0.126. The molecule has 1 N–H and O–H groups in total. The van der Waals surface area contributed by atoms with Crippen molar-refractivity contribution < 1.29 is 9.90 Å². The van der Waals surface area contributed by atoms with Crippen molar-refractivity contribution in [3.05, 3.63) is 35.4 Å². The lowest BCUT2D eigenvalue weighted by molar-refractivity contribution is -0.129. The molecule has 2 rings (SSSR count). The standard InChI is InChI=1S/C14H19NO2S/c1-11(9-16)18-10-14(17)15-7-6-12-4-2-3-5-13(12)8-15/h2-5,11,16H,6-10H2,1H3. The Hall–Kier alpha value is -1.00. The van der Waals surface area contributed by atoms with Gasteiger partial charge in [0.15, 0.2) is 0 Å². The second-order valence-electron chi connectivity index (χ2n) is 4.64. The number of fused-ring (bicyclic) bond motifs is 1. The van der Waals surface area contributed by atoms with E-state index in [1.807, 2.05) is 17.9 Å². The molecule has 0 radical (unpaired) electrons. The van der Waals surface area contributed by atoms with Crippen LogP contribution in [0.5, 0.6) is 0 Å². The topological polar surface area (TPSA) is 40.5 Å². The fourth-order valence-corrected chi connectivity index (χ4v) is 2.78. The molecule has 3 nitrogen and oxygen atoms in total. The monoisotopic (exact) mass is 265 g/mol. The summed E-state index contributed by atoms with van der Waals surface area (Å²) in [6.07, 6.45) is 0.947. The molecule has 1 aliphatic heterocycles. The Morgan fingerprint density at radius 3 is 2.89 bits per heavy atom. The van der Waals surface area contributed by atoms with Crippen LogP contribution in [0, 0.1) is 0 Å². The number of aliphatic hydroxyl groups excluding tert-OH is 1. The zero-order valence-corrected chi connectivity index (χ0v) is 11.4. The lowest BCUT2D eigenvalue weighted by atomic mass is 10.00. The van der Waals surface area contributed by atoms with Gasteiger partial charge in [0.05, 0.1) is 12.4 Å². The molecule has 0 aliphatic carbocycles. The molecule has 98 valence electrons. The summed E-state index contributed by atoms with van der Waals surface area (Å²) >= 11 is 1.52. The normalized spacial score (nSPS) is 16.2. The molecule has 1 aromatic rings. The maximum Gasteiger partial charge on any atom is 0.232 e. The Morgan fingerprint density at radius 1 is 1.44 bits per heavy atom. The summed E-state index contributed by atoms with van der Waals surface area (Å²) in [5.74, 6) is 0.638. The van der Waals surface area contributed by atoms with Crippen LogP contribution in [0.4, 0.5) is 0 Å². The number of carbonyl (C=O) groups is 1. The lowest BCUT2D eigenvalue weighted by Gasteiger charge is -2.29. The summed E-state index contributed by atoms with van der Waals surface area (Å²) in [6, 6.07) is 8.31. The molecule has 1 heterocycles. The molecule has 1 aliphatic rings. The molecule has 0 saturated heterocycles. The van der Waals surface area contributed by atoms with Crippen molar-refractivity contribution in [2.45, 2.75) is 25.1 Å². The van der Waals surface area contributed by atoms with Gasteiger partial charge in [0, 0.05) is 18.3 Å². The predicted octanol–water partition coefficient (Wildman–Crippen LogP) is 1.69. The molecule has 1 unspecified atom stereocenters. The molecule has 0 spiro atoms. The average Bonchev–Trinajstić information content (AvgIpc) is 2.43. The zero-order chi connectivity index (χ0) is 13.0. The summed E-state index contributed by atoms with van der Waals surface area (Å²) in [5.41, 5.74) is 2.62. The fraction of sp³-hybridized carbons (Fsp3) is 0.500. The van der Waals surface area contributed by atoms with E-state index in [4.69, 9.17) is 5.11 Å². The zero-order valence-electron chi connectivity index (χ0n) is 10.6. The Balaban J connectivity index is 1.90. The van der Waals surface area contributed by atoms with E-state index in [0.29, 0.717) is 5.75 Å². The third-order valence-corrected chi connectivity index (χ3v) is 4.36. The van der Waals surface area contributed by atoms with Crippen molar-refractivity contribution in [3.8, 4) is 0 Å². The van der Waals surface area contributed by atoms with Gasteiger partial charge >= 0.3 is 0 Å². The highest BCUT2D eigenvalue weighted by atomic mass is 32.2. The van der Waals surface area contributed by atoms with Crippen LogP contribution in [0.15, 0.2) is 24.3 Å². The summed E-state index contributed by atoms with van der Waals surface area (Å²) in [4.78, 5) is 14.0. The van der Waals surface area contributed by atoms with Crippen LogP contribution < -0.4 is 0 Å². The fourth-order valence-electron chi connectivity index (χ4n) is 2.07. The Morgan fingerprint density at radius 2 is 2.17 bits per heavy atom. The second-order valence-corrected chi connectivity index (χ2v) is 6.06. The molecule has 18 heavy (non-hydrogen) atoms. The third-order valence-electron chi connectivity index (χ3n) is 3.23. The molecule has 1 atom stereocenters. The number of hydrogen-bond donors (Lipinski definition) is 1. The Kier molecular flexibility index (Phi) is 4.66. The van der Waals surface area contributed by atoms with Gasteiger partial charge < -0.3 is 10.0 Å². The predicted molar refractivity (Wildman–Crippen MR) is 74.6 cm³/mol. The van der Waals surface area contributed by atoms with Crippen molar-refractivity contribution in [2.24, 2.45) is 0 Å². The molecular formula is C14H19NO2S. The SMILES string of the molecule is CC(CO)SCC(=O)N1CCc2ccccc2C1. The molecule has 4 heteroatoms. The van der Waals surface area contributed by atoms with Crippen LogP contribution in [-0.4, -0.2) is 40.1 Å². The van der Waals surface area contributed by atoms with Gasteiger partial charge in [-0.3, -0.25) is 4.79 Å². The van der Waals surface area contributed by atoms with Crippen LogP contribution in [0.2, 0.25) is 0 Å². The van der Waals surface area contributed by atoms with Gasteiger partial charge in [-0.2, -0.15) is 0 Å². The number of benzene rings is 1. The van der Waals surface area contributed by atoms with E-state index in [9.17, 15) is 4.79 Å². The number of carbonyl (C=O) groups excluding carboxylic acids is 1. The largest absolute Gasteiger partial charge is 0.395 e. The van der Waals surface area contributed by atoms with Gasteiger partial charge in [-0.15, -0.1) is 11.8 Å². The van der Waals surface area contributed by atoms with Crippen molar-refractivity contribution in [2.75, 3.05) is 18.9 Å². The number of hydrogen-bond acceptors (Lipinski definition) is 3. The highest BCUT2D eigenvalue weighted by molar-refractivity contribution is 8.00. The number of aliphatic hydroxyl groups is 1. The minimum absolute atomic E-state index is 0.126. The molecule has 0 bridgehead atoms. The van der Waals surface area contributed by atoms with E-state index < -0.39 is 0 Å². The van der Waals surface area contributed by atoms with Gasteiger partial charge in [0.1, 0.15) is 0 Å². The van der Waals surface area contributed by atoms with E-state index >= 15 is 0 Å². The van der Waals surface area contributed by atoms with E-state index in [-0.39, 0.29) is 17.8 Å². The molecule has 0 aromatic heterocycles. The highest BCUT2D eigenvalue weighted by Crippen LogP contribution is 2.20. The number of rotatable bonds is 4. The summed E-state index contributed by atoms with van der Waals surface area (Å²) in [5, 5.41) is 9.07. The average molecular weight is 265 g/mol. The maximum atomic E-state index is 12.1. The van der Waals surface area contributed by atoms with Crippen LogP contribution in [0.3, 0.4) is 0 Å². The van der Waals surface area contributed by atoms with E-state index in [2.05, 4.69) is 18.2 Å². The molecule has 0 fully saturated rings. The number of thioether (sulfide) groups is 1. The summed E-state index contributed by atoms with van der Waals surface area (Å²) in [6.45, 7) is 3.59. The first kappa shape index (κ1) is 13.4. The van der Waals surface area contributed by atoms with E-state index in [0.717, 1.165) is 19.5 Å². The smallest absolute Gasteiger partial charge is 0.232 e. The highest BCUT2D eigenvalue weighted by Gasteiger charge is 2.20. The van der Waals surface area contributed by atoms with Crippen LogP contribution in [0.1, 0.15) is 18.1 Å². The summed E-state index contributed by atoms with van der Waals surface area (Å²) in [7, 11) is 0. The number of amides is 1. The molecular weight excluding hydrogens is 246 g/mol. The lowest BCUT2D eigenvalue weighted by Crippen LogP contribution is -2.37.